The third-order valence-electron chi connectivity index (χ3n) is 4.00. The summed E-state index contributed by atoms with van der Waals surface area (Å²) < 4.78 is 5.76. The Hall–Kier alpha value is -1.04. The molecule has 1 atom stereocenters. The molecule has 0 aromatic heterocycles. The van der Waals surface area contributed by atoms with Gasteiger partial charge in [-0.2, -0.15) is 0 Å². The highest BCUT2D eigenvalue weighted by Crippen LogP contribution is 2.13. The molecule has 5 heteroatoms. The first kappa shape index (κ1) is 19.3. The van der Waals surface area contributed by atoms with Gasteiger partial charge in [-0.05, 0) is 18.4 Å². The van der Waals surface area contributed by atoms with Crippen LogP contribution in [0.15, 0.2) is 24.3 Å². The maximum Gasteiger partial charge on any atom is 0.230 e. The Balaban J connectivity index is 1.61. The van der Waals surface area contributed by atoms with E-state index >= 15 is 0 Å². The quantitative estimate of drug-likeness (QED) is 0.783. The SMILES string of the molecule is Cc1ccc(CSCC(=O)NCC2CN(CC(C)C)CCO2)cc1. The van der Waals surface area contributed by atoms with Gasteiger partial charge in [0.25, 0.3) is 0 Å². The van der Waals surface area contributed by atoms with Crippen molar-refractivity contribution in [3.05, 3.63) is 35.4 Å². The Bertz CT molecular complexity index is 505. The molecule has 4 nitrogen and oxygen atoms in total. The topological polar surface area (TPSA) is 41.6 Å². The van der Waals surface area contributed by atoms with Crippen LogP contribution >= 0.6 is 11.8 Å². The van der Waals surface area contributed by atoms with E-state index in [2.05, 4.69) is 55.3 Å². The molecule has 0 saturated carbocycles. The van der Waals surface area contributed by atoms with Gasteiger partial charge in [0.05, 0.1) is 18.5 Å². The van der Waals surface area contributed by atoms with E-state index in [0.29, 0.717) is 18.2 Å². The Labute approximate surface area is 150 Å². The van der Waals surface area contributed by atoms with Crippen molar-refractivity contribution >= 4 is 17.7 Å². The maximum atomic E-state index is 12.0. The van der Waals surface area contributed by atoms with Crippen LogP contribution in [-0.4, -0.2) is 55.4 Å². The lowest BCUT2D eigenvalue weighted by molar-refractivity contribution is -0.119. The molecule has 1 amide bonds. The number of carbonyl (C=O) groups excluding carboxylic acids is 1. The van der Waals surface area contributed by atoms with Gasteiger partial charge in [-0.15, -0.1) is 11.8 Å². The van der Waals surface area contributed by atoms with Crippen LogP contribution in [0.1, 0.15) is 25.0 Å². The Morgan fingerprint density at radius 1 is 1.38 bits per heavy atom. The zero-order valence-corrected chi connectivity index (χ0v) is 15.9. The molecule has 0 aliphatic carbocycles. The largest absolute Gasteiger partial charge is 0.374 e. The highest BCUT2D eigenvalue weighted by Gasteiger charge is 2.21. The van der Waals surface area contributed by atoms with Crippen LogP contribution in [0.3, 0.4) is 0 Å². The molecular formula is C19H30N2O2S. The minimum absolute atomic E-state index is 0.0942. The molecule has 0 bridgehead atoms. The van der Waals surface area contributed by atoms with Crippen molar-refractivity contribution in [2.75, 3.05) is 38.5 Å². The van der Waals surface area contributed by atoms with E-state index in [1.54, 1.807) is 11.8 Å². The summed E-state index contributed by atoms with van der Waals surface area (Å²) in [4.78, 5) is 14.4. The molecule has 1 aromatic carbocycles. The minimum atomic E-state index is 0.0942. The van der Waals surface area contributed by atoms with Crippen LogP contribution < -0.4 is 5.32 Å². The van der Waals surface area contributed by atoms with E-state index in [4.69, 9.17) is 4.74 Å². The summed E-state index contributed by atoms with van der Waals surface area (Å²) in [5, 5.41) is 3.01. The van der Waals surface area contributed by atoms with E-state index < -0.39 is 0 Å². The van der Waals surface area contributed by atoms with Gasteiger partial charge in [0, 0.05) is 31.9 Å². The number of benzene rings is 1. The zero-order valence-electron chi connectivity index (χ0n) is 15.1. The molecule has 1 fully saturated rings. The standard InChI is InChI=1S/C19H30N2O2S/c1-15(2)11-21-8-9-23-18(12-21)10-20-19(22)14-24-13-17-6-4-16(3)5-7-17/h4-7,15,18H,8-14H2,1-3H3,(H,20,22). The zero-order chi connectivity index (χ0) is 17.4. The van der Waals surface area contributed by atoms with Gasteiger partial charge in [0.1, 0.15) is 0 Å². The number of aryl methyl sites for hydroxylation is 1. The smallest absolute Gasteiger partial charge is 0.230 e. The number of nitrogens with one attached hydrogen (secondary N) is 1. The van der Waals surface area contributed by atoms with Gasteiger partial charge in [0.2, 0.25) is 5.91 Å². The second-order valence-corrected chi connectivity index (χ2v) is 7.91. The van der Waals surface area contributed by atoms with Crippen molar-refractivity contribution < 1.29 is 9.53 Å². The molecule has 0 spiro atoms. The molecule has 1 saturated heterocycles. The third-order valence-corrected chi connectivity index (χ3v) is 5.00. The van der Waals surface area contributed by atoms with Gasteiger partial charge < -0.3 is 10.1 Å². The first-order valence-corrected chi connectivity index (χ1v) is 9.92. The van der Waals surface area contributed by atoms with Gasteiger partial charge in [-0.1, -0.05) is 43.7 Å². The molecule has 1 aliphatic heterocycles. The summed E-state index contributed by atoms with van der Waals surface area (Å²) in [7, 11) is 0. The molecule has 1 N–H and O–H groups in total. The fourth-order valence-corrected chi connectivity index (χ4v) is 3.63. The van der Waals surface area contributed by atoms with Crippen molar-refractivity contribution in [1.29, 1.82) is 0 Å². The molecule has 2 rings (SSSR count). The van der Waals surface area contributed by atoms with E-state index in [-0.39, 0.29) is 12.0 Å². The second kappa shape index (κ2) is 10.1. The van der Waals surface area contributed by atoms with E-state index in [9.17, 15) is 4.79 Å². The van der Waals surface area contributed by atoms with Crippen molar-refractivity contribution in [3.63, 3.8) is 0 Å². The molecule has 1 aromatic rings. The number of thioether (sulfide) groups is 1. The first-order chi connectivity index (χ1) is 11.5. The lowest BCUT2D eigenvalue weighted by Gasteiger charge is -2.33. The van der Waals surface area contributed by atoms with Crippen LogP contribution in [0, 0.1) is 12.8 Å². The normalized spacial score (nSPS) is 18.8. The number of ether oxygens (including phenoxy) is 1. The minimum Gasteiger partial charge on any atom is -0.374 e. The van der Waals surface area contributed by atoms with Crippen LogP contribution in [0.2, 0.25) is 0 Å². The monoisotopic (exact) mass is 350 g/mol. The average molecular weight is 351 g/mol. The van der Waals surface area contributed by atoms with Crippen LogP contribution in [-0.2, 0) is 15.3 Å². The van der Waals surface area contributed by atoms with E-state index in [0.717, 1.165) is 32.0 Å². The number of amides is 1. The summed E-state index contributed by atoms with van der Waals surface area (Å²) in [5.74, 6) is 2.12. The number of hydrogen-bond acceptors (Lipinski definition) is 4. The Kier molecular flexibility index (Phi) is 8.09. The fourth-order valence-electron chi connectivity index (χ4n) is 2.81. The molecule has 0 radical (unpaired) electrons. The molecule has 1 aliphatic rings. The predicted octanol–water partition coefficient (Wildman–Crippen LogP) is 2.70. The summed E-state index contributed by atoms with van der Waals surface area (Å²) >= 11 is 1.65. The van der Waals surface area contributed by atoms with Crippen LogP contribution in [0.5, 0.6) is 0 Å². The van der Waals surface area contributed by atoms with E-state index in [1.807, 2.05) is 0 Å². The Morgan fingerprint density at radius 3 is 2.83 bits per heavy atom. The Morgan fingerprint density at radius 2 is 2.12 bits per heavy atom. The van der Waals surface area contributed by atoms with Crippen LogP contribution in [0.4, 0.5) is 0 Å². The molecule has 24 heavy (non-hydrogen) atoms. The van der Waals surface area contributed by atoms with E-state index in [1.165, 1.54) is 11.1 Å². The van der Waals surface area contributed by atoms with Gasteiger partial charge >= 0.3 is 0 Å². The van der Waals surface area contributed by atoms with Crippen molar-refractivity contribution in [3.8, 4) is 0 Å². The number of hydrogen-bond donors (Lipinski definition) is 1. The van der Waals surface area contributed by atoms with Gasteiger partial charge in [0.15, 0.2) is 0 Å². The molecule has 1 heterocycles. The summed E-state index contributed by atoms with van der Waals surface area (Å²) in [6.45, 7) is 10.9. The molecule has 1 unspecified atom stereocenters. The number of carbonyl (C=O) groups is 1. The number of nitrogens with zero attached hydrogens (tertiary/aromatic N) is 1. The second-order valence-electron chi connectivity index (χ2n) is 6.93. The van der Waals surface area contributed by atoms with Crippen LogP contribution in [0.25, 0.3) is 0 Å². The van der Waals surface area contributed by atoms with Crippen molar-refractivity contribution in [1.82, 2.24) is 10.2 Å². The third kappa shape index (κ3) is 7.24. The lowest BCUT2D eigenvalue weighted by atomic mass is 10.2. The van der Waals surface area contributed by atoms with Crippen molar-refractivity contribution in [2.45, 2.75) is 32.6 Å². The van der Waals surface area contributed by atoms with Gasteiger partial charge in [-0.25, -0.2) is 0 Å². The van der Waals surface area contributed by atoms with Gasteiger partial charge in [-0.3, -0.25) is 9.69 Å². The highest BCUT2D eigenvalue weighted by atomic mass is 32.2. The lowest BCUT2D eigenvalue weighted by Crippen LogP contribution is -2.48. The average Bonchev–Trinajstić information content (AvgIpc) is 2.54. The first-order valence-electron chi connectivity index (χ1n) is 8.77. The molecule has 134 valence electrons. The number of rotatable bonds is 8. The molecular weight excluding hydrogens is 320 g/mol. The summed E-state index contributed by atoms with van der Waals surface area (Å²) in [6, 6.07) is 8.47. The predicted molar refractivity (Wildman–Crippen MR) is 101 cm³/mol. The fraction of sp³-hybridized carbons (Fsp3) is 0.632. The van der Waals surface area contributed by atoms with Crippen molar-refractivity contribution in [2.24, 2.45) is 5.92 Å². The number of morpholine rings is 1. The summed E-state index contributed by atoms with van der Waals surface area (Å²) in [6.07, 6.45) is 0.114. The summed E-state index contributed by atoms with van der Waals surface area (Å²) in [5.41, 5.74) is 2.53. The highest BCUT2D eigenvalue weighted by molar-refractivity contribution is 7.99. The maximum absolute atomic E-state index is 12.0.